The van der Waals surface area contributed by atoms with Gasteiger partial charge in [0.1, 0.15) is 6.54 Å². The fraction of sp³-hybridized carbons (Fsp3) is 0.0526. The molecule has 0 aliphatic rings. The molecule has 2 amide bonds. The van der Waals surface area contributed by atoms with E-state index in [1.54, 1.807) is 10.8 Å². The number of carbonyl (C=O) groups excluding carboxylic acids is 2. The zero-order valence-corrected chi connectivity index (χ0v) is 14.2. The van der Waals surface area contributed by atoms with E-state index in [2.05, 4.69) is 10.9 Å². The number of hydrogen-bond donors (Lipinski definition) is 2. The highest BCUT2D eigenvalue weighted by molar-refractivity contribution is 5.93. The number of benzene rings is 2. The SMILES string of the molecule is O=C(/C=C/c1ccc([N+](=O)[O-])cc1)NNC(=O)Cn1ccc2ccccc21. The number of nitro benzene ring substituents is 1. The van der Waals surface area contributed by atoms with Crippen LogP contribution >= 0.6 is 0 Å². The highest BCUT2D eigenvalue weighted by atomic mass is 16.6. The lowest BCUT2D eigenvalue weighted by Crippen LogP contribution is -2.42. The van der Waals surface area contributed by atoms with Crippen LogP contribution in [0.3, 0.4) is 0 Å². The van der Waals surface area contributed by atoms with E-state index in [0.717, 1.165) is 10.9 Å². The number of nitrogens with zero attached hydrogens (tertiary/aromatic N) is 2. The summed E-state index contributed by atoms with van der Waals surface area (Å²) in [5.74, 6) is -0.882. The molecule has 0 fully saturated rings. The first kappa shape index (κ1) is 17.9. The minimum Gasteiger partial charge on any atom is -0.338 e. The summed E-state index contributed by atoms with van der Waals surface area (Å²) in [5, 5.41) is 11.6. The zero-order valence-electron chi connectivity index (χ0n) is 14.2. The maximum atomic E-state index is 12.0. The molecule has 0 unspecified atom stereocenters. The van der Waals surface area contributed by atoms with E-state index in [1.807, 2.05) is 30.3 Å². The Morgan fingerprint density at radius 2 is 1.78 bits per heavy atom. The Kier molecular flexibility index (Phi) is 5.27. The molecule has 0 bridgehead atoms. The van der Waals surface area contributed by atoms with E-state index in [-0.39, 0.29) is 18.1 Å². The van der Waals surface area contributed by atoms with Gasteiger partial charge in [0.25, 0.3) is 17.5 Å². The summed E-state index contributed by atoms with van der Waals surface area (Å²) >= 11 is 0. The first-order valence-corrected chi connectivity index (χ1v) is 8.08. The second-order valence-electron chi connectivity index (χ2n) is 5.72. The quantitative estimate of drug-likeness (QED) is 0.412. The van der Waals surface area contributed by atoms with E-state index in [1.165, 1.54) is 36.4 Å². The number of fused-ring (bicyclic) bond motifs is 1. The van der Waals surface area contributed by atoms with Crippen molar-refractivity contribution in [3.8, 4) is 0 Å². The summed E-state index contributed by atoms with van der Waals surface area (Å²) in [5.41, 5.74) is 6.17. The Morgan fingerprint density at radius 1 is 1.04 bits per heavy atom. The standard InChI is InChI=1S/C19H16N4O4/c24-18(10-7-14-5-8-16(9-6-14)23(26)27)20-21-19(25)13-22-12-11-15-3-1-2-4-17(15)22/h1-12H,13H2,(H,20,24)(H,21,25)/b10-7+. The number of non-ortho nitro benzene ring substituents is 1. The van der Waals surface area contributed by atoms with Crippen LogP contribution in [0.5, 0.6) is 0 Å². The topological polar surface area (TPSA) is 106 Å². The van der Waals surface area contributed by atoms with Crippen LogP contribution in [0.4, 0.5) is 5.69 Å². The van der Waals surface area contributed by atoms with Crippen LogP contribution in [0.2, 0.25) is 0 Å². The van der Waals surface area contributed by atoms with Crippen molar-refractivity contribution in [1.29, 1.82) is 0 Å². The molecule has 8 nitrogen and oxygen atoms in total. The van der Waals surface area contributed by atoms with Crippen LogP contribution in [-0.4, -0.2) is 21.3 Å². The molecule has 136 valence electrons. The summed E-state index contributed by atoms with van der Waals surface area (Å²) in [4.78, 5) is 33.9. The number of carbonyl (C=O) groups is 2. The molecule has 3 rings (SSSR count). The maximum Gasteiger partial charge on any atom is 0.269 e. The molecule has 3 aromatic rings. The van der Waals surface area contributed by atoms with Gasteiger partial charge in [-0.25, -0.2) is 0 Å². The van der Waals surface area contributed by atoms with Gasteiger partial charge in [0.2, 0.25) is 0 Å². The average molecular weight is 364 g/mol. The average Bonchev–Trinajstić information content (AvgIpc) is 3.08. The number of hydrogen-bond acceptors (Lipinski definition) is 4. The lowest BCUT2D eigenvalue weighted by atomic mass is 10.2. The van der Waals surface area contributed by atoms with Crippen molar-refractivity contribution < 1.29 is 14.5 Å². The highest BCUT2D eigenvalue weighted by Crippen LogP contribution is 2.14. The van der Waals surface area contributed by atoms with Gasteiger partial charge in [-0.3, -0.25) is 30.6 Å². The molecule has 0 aliphatic heterocycles. The third-order valence-electron chi connectivity index (χ3n) is 3.85. The van der Waals surface area contributed by atoms with Gasteiger partial charge in [-0.1, -0.05) is 18.2 Å². The van der Waals surface area contributed by atoms with Gasteiger partial charge in [-0.05, 0) is 41.3 Å². The molecule has 27 heavy (non-hydrogen) atoms. The van der Waals surface area contributed by atoms with E-state index in [0.29, 0.717) is 5.56 Å². The third-order valence-corrected chi connectivity index (χ3v) is 3.85. The van der Waals surface area contributed by atoms with Crippen molar-refractivity contribution in [2.45, 2.75) is 6.54 Å². The van der Waals surface area contributed by atoms with Gasteiger partial charge < -0.3 is 4.57 Å². The fourth-order valence-corrected chi connectivity index (χ4v) is 2.52. The second-order valence-corrected chi connectivity index (χ2v) is 5.72. The molecular formula is C19H16N4O4. The molecule has 0 atom stereocenters. The van der Waals surface area contributed by atoms with Crippen LogP contribution in [0.15, 0.2) is 66.9 Å². The molecular weight excluding hydrogens is 348 g/mol. The first-order chi connectivity index (χ1) is 13.0. The zero-order chi connectivity index (χ0) is 19.2. The van der Waals surface area contributed by atoms with Gasteiger partial charge >= 0.3 is 0 Å². The Labute approximate surface area is 154 Å². The van der Waals surface area contributed by atoms with Crippen molar-refractivity contribution >= 4 is 34.5 Å². The van der Waals surface area contributed by atoms with Crippen molar-refractivity contribution in [1.82, 2.24) is 15.4 Å². The molecule has 0 aliphatic carbocycles. The minimum absolute atomic E-state index is 0.0265. The van der Waals surface area contributed by atoms with Gasteiger partial charge in [0, 0.05) is 29.9 Å². The first-order valence-electron chi connectivity index (χ1n) is 8.08. The lowest BCUT2D eigenvalue weighted by molar-refractivity contribution is -0.384. The van der Waals surface area contributed by atoms with Gasteiger partial charge in [-0.15, -0.1) is 0 Å². The molecule has 8 heteroatoms. The van der Waals surface area contributed by atoms with Crippen LogP contribution < -0.4 is 10.9 Å². The smallest absolute Gasteiger partial charge is 0.269 e. The van der Waals surface area contributed by atoms with Crippen molar-refractivity contribution in [2.75, 3.05) is 0 Å². The Balaban J connectivity index is 1.51. The monoisotopic (exact) mass is 364 g/mol. The van der Waals surface area contributed by atoms with Gasteiger partial charge in [-0.2, -0.15) is 0 Å². The predicted octanol–water partition coefficient (Wildman–Crippen LogP) is 2.41. The molecule has 1 heterocycles. The molecule has 1 aromatic heterocycles. The molecule has 2 N–H and O–H groups in total. The lowest BCUT2D eigenvalue weighted by Gasteiger charge is -2.07. The molecule has 2 aromatic carbocycles. The number of nitrogens with one attached hydrogen (secondary N) is 2. The van der Waals surface area contributed by atoms with Crippen LogP contribution in [-0.2, 0) is 16.1 Å². The van der Waals surface area contributed by atoms with E-state index in [4.69, 9.17) is 0 Å². The molecule has 0 spiro atoms. The number of amides is 2. The highest BCUT2D eigenvalue weighted by Gasteiger charge is 2.07. The Bertz CT molecular complexity index is 1020. The van der Waals surface area contributed by atoms with E-state index < -0.39 is 10.8 Å². The Morgan fingerprint density at radius 3 is 2.52 bits per heavy atom. The van der Waals surface area contributed by atoms with Crippen molar-refractivity contribution in [3.63, 3.8) is 0 Å². The summed E-state index contributed by atoms with van der Waals surface area (Å²) in [6.07, 6.45) is 4.53. The van der Waals surface area contributed by atoms with Gasteiger partial charge in [0.15, 0.2) is 0 Å². The van der Waals surface area contributed by atoms with Crippen LogP contribution in [0.25, 0.3) is 17.0 Å². The summed E-state index contributed by atoms with van der Waals surface area (Å²) in [6.45, 7) is 0.0693. The number of hydrazine groups is 1. The normalized spacial score (nSPS) is 10.8. The molecule has 0 radical (unpaired) electrons. The third kappa shape index (κ3) is 4.57. The summed E-state index contributed by atoms with van der Waals surface area (Å²) in [6, 6.07) is 15.3. The second kappa shape index (κ2) is 7.96. The van der Waals surface area contributed by atoms with Gasteiger partial charge in [0.05, 0.1) is 4.92 Å². The summed E-state index contributed by atoms with van der Waals surface area (Å²) < 4.78 is 1.78. The predicted molar refractivity (Wildman–Crippen MR) is 100 cm³/mol. The van der Waals surface area contributed by atoms with Crippen molar-refractivity contribution in [2.24, 2.45) is 0 Å². The fourth-order valence-electron chi connectivity index (χ4n) is 2.52. The molecule has 0 saturated carbocycles. The minimum atomic E-state index is -0.515. The largest absolute Gasteiger partial charge is 0.338 e. The van der Waals surface area contributed by atoms with Crippen LogP contribution in [0.1, 0.15) is 5.56 Å². The van der Waals surface area contributed by atoms with Crippen molar-refractivity contribution in [3.05, 3.63) is 82.5 Å². The number of rotatable bonds is 5. The number of para-hydroxylation sites is 1. The maximum absolute atomic E-state index is 12.0. The number of nitro groups is 1. The Hall–Kier alpha value is -3.94. The number of aromatic nitrogens is 1. The molecule has 0 saturated heterocycles. The summed E-state index contributed by atoms with van der Waals surface area (Å²) in [7, 11) is 0. The van der Waals surface area contributed by atoms with Crippen LogP contribution in [0, 0.1) is 10.1 Å². The van der Waals surface area contributed by atoms with E-state index in [9.17, 15) is 19.7 Å². The van der Waals surface area contributed by atoms with E-state index >= 15 is 0 Å².